The van der Waals surface area contributed by atoms with Gasteiger partial charge in [0.1, 0.15) is 18.1 Å². The van der Waals surface area contributed by atoms with Gasteiger partial charge >= 0.3 is 0 Å². The van der Waals surface area contributed by atoms with Crippen LogP contribution in [0, 0.1) is 11.3 Å². The maximum Gasteiger partial charge on any atom is 0.245 e. The van der Waals surface area contributed by atoms with E-state index in [1.165, 1.54) is 0 Å². The maximum absolute atomic E-state index is 14.1. The van der Waals surface area contributed by atoms with Gasteiger partial charge in [-0.3, -0.25) is 24.0 Å². The number of nitrogens with one attached hydrogen (secondary N) is 3. The van der Waals surface area contributed by atoms with Crippen LogP contribution in [0.2, 0.25) is 10.0 Å². The second kappa shape index (κ2) is 24.7. The Bertz CT molecular complexity index is 1890. The monoisotopic (exact) mass is 919 g/mol. The van der Waals surface area contributed by atoms with Crippen LogP contribution in [0.3, 0.4) is 0 Å². The van der Waals surface area contributed by atoms with Gasteiger partial charge in [0, 0.05) is 38.0 Å². The van der Waals surface area contributed by atoms with Gasteiger partial charge in [0.25, 0.3) is 0 Å². The Hall–Kier alpha value is -3.91. The second-order valence-corrected chi connectivity index (χ2v) is 17.4. The molecule has 4 atom stereocenters. The zero-order valence-electron chi connectivity index (χ0n) is 35.0. The van der Waals surface area contributed by atoms with E-state index in [2.05, 4.69) is 16.0 Å². The van der Waals surface area contributed by atoms with Crippen LogP contribution in [0.5, 0.6) is 0 Å². The highest BCUT2D eigenvalue weighted by molar-refractivity contribution is 6.42. The summed E-state index contributed by atoms with van der Waals surface area (Å²) >= 11 is 12.2. The molecule has 334 valence electrons. The van der Waals surface area contributed by atoms with Gasteiger partial charge in [-0.2, -0.15) is 0 Å². The third-order valence-electron chi connectivity index (χ3n) is 11.3. The Balaban J connectivity index is 0.00000496. The molecular formula is C45H61Cl4N7O5. The molecule has 0 bridgehead atoms. The van der Waals surface area contributed by atoms with Crippen LogP contribution in [-0.2, 0) is 43.2 Å². The normalized spacial score (nSPS) is 16.2. The molecular weight excluding hydrogens is 860 g/mol. The lowest BCUT2D eigenvalue weighted by Crippen LogP contribution is -2.63. The van der Waals surface area contributed by atoms with Crippen LogP contribution in [-0.4, -0.2) is 96.2 Å². The summed E-state index contributed by atoms with van der Waals surface area (Å²) in [4.78, 5) is 72.3. The van der Waals surface area contributed by atoms with Crippen LogP contribution < -0.4 is 27.4 Å². The van der Waals surface area contributed by atoms with E-state index in [0.717, 1.165) is 29.5 Å². The van der Waals surface area contributed by atoms with Gasteiger partial charge < -0.3 is 37.2 Å². The highest BCUT2D eigenvalue weighted by Crippen LogP contribution is 2.41. The Morgan fingerprint density at radius 1 is 0.689 bits per heavy atom. The summed E-state index contributed by atoms with van der Waals surface area (Å²) in [6, 6.07) is 20.3. The number of carbonyl (C=O) groups excluding carboxylic acids is 5. The molecule has 61 heavy (non-hydrogen) atoms. The van der Waals surface area contributed by atoms with Gasteiger partial charge in [-0.25, -0.2) is 0 Å². The number of unbranched alkanes of at least 4 members (excludes halogenated alkanes) is 1. The molecule has 0 aliphatic carbocycles. The molecule has 2 heterocycles. The fourth-order valence-corrected chi connectivity index (χ4v) is 8.23. The number of likely N-dealkylation sites (tertiary alicyclic amines) is 2. The van der Waals surface area contributed by atoms with E-state index in [9.17, 15) is 24.0 Å². The van der Waals surface area contributed by atoms with Crippen molar-refractivity contribution in [1.82, 2.24) is 25.8 Å². The van der Waals surface area contributed by atoms with Crippen LogP contribution in [0.15, 0.2) is 78.9 Å². The topological polar surface area (TPSA) is 180 Å². The molecule has 1 spiro atoms. The van der Waals surface area contributed by atoms with Gasteiger partial charge in [0.05, 0.1) is 22.5 Å². The summed E-state index contributed by atoms with van der Waals surface area (Å²) in [5.74, 6) is -1.59. The number of rotatable bonds is 19. The van der Waals surface area contributed by atoms with Gasteiger partial charge in [-0.15, -0.1) is 24.8 Å². The minimum Gasteiger partial charge on any atom is -0.343 e. The summed E-state index contributed by atoms with van der Waals surface area (Å²) in [7, 11) is 0. The molecule has 3 aromatic rings. The molecule has 5 amide bonds. The summed E-state index contributed by atoms with van der Waals surface area (Å²) in [6.45, 7) is 6.65. The predicted octanol–water partition coefficient (Wildman–Crippen LogP) is 5.27. The zero-order chi connectivity index (χ0) is 42.5. The fraction of sp³-hybridized carbons (Fsp3) is 0.489. The van der Waals surface area contributed by atoms with Crippen molar-refractivity contribution in [3.05, 3.63) is 106 Å². The number of hydrogen-bond donors (Lipinski definition) is 5. The summed E-state index contributed by atoms with van der Waals surface area (Å²) in [5.41, 5.74) is 14.6. The smallest absolute Gasteiger partial charge is 0.245 e. The second-order valence-electron chi connectivity index (χ2n) is 16.6. The molecule has 12 nitrogen and oxygen atoms in total. The number of piperidine rings is 1. The van der Waals surface area contributed by atoms with Gasteiger partial charge in [-0.1, -0.05) is 104 Å². The van der Waals surface area contributed by atoms with Crippen LogP contribution in [0.25, 0.3) is 0 Å². The summed E-state index contributed by atoms with van der Waals surface area (Å²) < 4.78 is 0. The lowest BCUT2D eigenvalue weighted by Gasteiger charge is -2.54. The lowest BCUT2D eigenvalue weighted by atomic mass is 9.71. The Morgan fingerprint density at radius 3 is 1.82 bits per heavy atom. The molecule has 5 rings (SSSR count). The lowest BCUT2D eigenvalue weighted by molar-refractivity contribution is -0.150. The molecule has 0 aromatic heterocycles. The minimum atomic E-state index is -1.01. The van der Waals surface area contributed by atoms with Gasteiger partial charge in [0.2, 0.25) is 29.5 Å². The Labute approximate surface area is 382 Å². The average molecular weight is 922 g/mol. The third-order valence-corrected chi connectivity index (χ3v) is 12.1. The molecule has 0 saturated carbocycles. The summed E-state index contributed by atoms with van der Waals surface area (Å²) in [5, 5.41) is 9.62. The summed E-state index contributed by atoms with van der Waals surface area (Å²) in [6.07, 6.45) is 4.24. The first-order chi connectivity index (χ1) is 28.3. The standard InChI is InChI=1S/C45H59Cl2N7O5.2ClH/c1-30(2)23-38(52-43(58)39(26-32-13-7-4-8-14-32)51-41(56)36(49)25-31-11-5-3-6-12-31)42(57)50-37(15-9-10-20-48)44(59)53-21-18-45(19-22-53)28-54(29-45)40(55)27-33-16-17-34(46)35(47)24-33;;/h3-8,11-14,16-17,24,30,36-39H,9-10,15,18-23,25-29,48-49H2,1-2H3,(H,50,57)(H,51,56)(H,52,58);2*1H/t36-,37-,38-,39-;;/m1../s1. The van der Waals surface area contributed by atoms with E-state index < -0.39 is 41.9 Å². The van der Waals surface area contributed by atoms with Crippen molar-refractivity contribution in [1.29, 1.82) is 0 Å². The molecule has 2 saturated heterocycles. The van der Waals surface area contributed by atoms with E-state index in [1.54, 1.807) is 23.1 Å². The number of nitrogens with two attached hydrogens (primary N) is 2. The zero-order valence-corrected chi connectivity index (χ0v) is 38.1. The molecule has 2 aliphatic heterocycles. The predicted molar refractivity (Wildman–Crippen MR) is 246 cm³/mol. The number of carbonyl (C=O) groups is 5. The quantitative estimate of drug-likeness (QED) is 0.102. The van der Waals surface area contributed by atoms with Crippen LogP contribution in [0.1, 0.15) is 69.1 Å². The number of amides is 5. The number of benzene rings is 3. The van der Waals surface area contributed by atoms with Crippen molar-refractivity contribution < 1.29 is 24.0 Å². The van der Waals surface area contributed by atoms with Gasteiger partial charge in [-0.05, 0) is 86.2 Å². The number of hydrogen-bond acceptors (Lipinski definition) is 7. The van der Waals surface area contributed by atoms with Crippen molar-refractivity contribution in [2.75, 3.05) is 32.7 Å². The van der Waals surface area contributed by atoms with Gasteiger partial charge in [0.15, 0.2) is 0 Å². The molecule has 16 heteroatoms. The molecule has 0 radical (unpaired) electrons. The Morgan fingerprint density at radius 2 is 1.25 bits per heavy atom. The number of halogens is 4. The largest absolute Gasteiger partial charge is 0.343 e. The Kier molecular flexibility index (Phi) is 20.8. The molecule has 2 fully saturated rings. The third kappa shape index (κ3) is 15.1. The van der Waals surface area contributed by atoms with Crippen molar-refractivity contribution in [3.8, 4) is 0 Å². The van der Waals surface area contributed by atoms with Crippen LogP contribution >= 0.6 is 48.0 Å². The molecule has 7 N–H and O–H groups in total. The first-order valence-corrected chi connectivity index (χ1v) is 21.5. The molecule has 0 unspecified atom stereocenters. The average Bonchev–Trinajstić information content (AvgIpc) is 3.20. The minimum absolute atomic E-state index is 0. The highest BCUT2D eigenvalue weighted by atomic mass is 35.5. The molecule has 2 aliphatic rings. The first kappa shape index (κ1) is 51.4. The van der Waals surface area contributed by atoms with Crippen LogP contribution in [0.4, 0.5) is 0 Å². The molecule has 3 aromatic carbocycles. The van der Waals surface area contributed by atoms with E-state index in [4.69, 9.17) is 34.7 Å². The van der Waals surface area contributed by atoms with Crippen molar-refractivity contribution in [2.24, 2.45) is 22.8 Å². The van der Waals surface area contributed by atoms with E-state index in [-0.39, 0.29) is 60.8 Å². The van der Waals surface area contributed by atoms with E-state index in [0.29, 0.717) is 74.9 Å². The highest BCUT2D eigenvalue weighted by Gasteiger charge is 2.47. The van der Waals surface area contributed by atoms with E-state index >= 15 is 0 Å². The fourth-order valence-electron chi connectivity index (χ4n) is 7.91. The van der Waals surface area contributed by atoms with Crippen molar-refractivity contribution >= 4 is 77.6 Å². The first-order valence-electron chi connectivity index (χ1n) is 20.7. The number of nitrogens with zero attached hydrogens (tertiary/aromatic N) is 2. The van der Waals surface area contributed by atoms with Crippen molar-refractivity contribution in [2.45, 2.75) is 95.8 Å². The van der Waals surface area contributed by atoms with Crippen molar-refractivity contribution in [3.63, 3.8) is 0 Å². The van der Waals surface area contributed by atoms with E-state index in [1.807, 2.05) is 79.4 Å². The maximum atomic E-state index is 14.1. The SMILES string of the molecule is CC(C)C[C@@H](NC(=O)[C@@H](Cc1ccccc1)NC(=O)[C@H](N)Cc1ccccc1)C(=O)N[C@H](CCCCN)C(=O)N1CCC2(CC1)CN(C(=O)Cc1ccc(Cl)c(Cl)c1)C2.Cl.Cl.